The fraction of sp³-hybridized carbons (Fsp3) is 0.400. The number of hydrogen-bond donors (Lipinski definition) is 2. The molecule has 2 N–H and O–H groups in total. The van der Waals surface area contributed by atoms with Crippen LogP contribution in [0.25, 0.3) is 0 Å². The summed E-state index contributed by atoms with van der Waals surface area (Å²) in [5, 5.41) is 10.6. The Kier molecular flexibility index (Phi) is 5.88. The maximum absolute atomic E-state index is 12.4. The molecule has 1 aliphatic heterocycles. The van der Waals surface area contributed by atoms with Crippen LogP contribution in [0.5, 0.6) is 0 Å². The smallest absolute Gasteiger partial charge is 0.270 e. The van der Waals surface area contributed by atoms with E-state index >= 15 is 0 Å². The van der Waals surface area contributed by atoms with Crippen LogP contribution >= 0.6 is 22.9 Å². The molecule has 140 valence electrons. The van der Waals surface area contributed by atoms with Crippen LogP contribution in [0.2, 0.25) is 5.02 Å². The minimum absolute atomic E-state index is 0.118. The summed E-state index contributed by atoms with van der Waals surface area (Å²) in [5.74, 6) is -0.412. The van der Waals surface area contributed by atoms with Crippen LogP contribution in [-0.2, 0) is 10.0 Å². The second kappa shape index (κ2) is 7.97. The summed E-state index contributed by atoms with van der Waals surface area (Å²) in [6.45, 7) is 1.68. The van der Waals surface area contributed by atoms with Crippen molar-refractivity contribution in [2.45, 2.75) is 23.2 Å². The molecule has 2 heterocycles. The third-order valence-corrected chi connectivity index (χ3v) is 6.98. The van der Waals surface area contributed by atoms with E-state index in [2.05, 4.69) is 25.1 Å². The van der Waals surface area contributed by atoms with Gasteiger partial charge in [-0.05, 0) is 57.2 Å². The molecule has 1 amide bonds. The Morgan fingerprint density at radius 3 is 2.54 bits per heavy atom. The summed E-state index contributed by atoms with van der Waals surface area (Å²) in [4.78, 5) is 14.3. The lowest BCUT2D eigenvalue weighted by Crippen LogP contribution is -2.43. The normalized spacial score (nSPS) is 16.5. The summed E-state index contributed by atoms with van der Waals surface area (Å²) < 4.78 is 27.4. The Balaban J connectivity index is 1.64. The van der Waals surface area contributed by atoms with Gasteiger partial charge in [0, 0.05) is 16.6 Å². The molecule has 1 saturated heterocycles. The maximum atomic E-state index is 12.4. The number of amides is 1. The first-order chi connectivity index (χ1) is 12.3. The van der Waals surface area contributed by atoms with Crippen molar-refractivity contribution in [3.8, 4) is 0 Å². The van der Waals surface area contributed by atoms with Crippen LogP contribution < -0.4 is 10.0 Å². The Bertz CT molecular complexity index is 877. The lowest BCUT2D eigenvalue weighted by atomic mass is 10.1. The molecule has 0 bridgehead atoms. The quantitative estimate of drug-likeness (QED) is 0.722. The molecule has 1 fully saturated rings. The summed E-state index contributed by atoms with van der Waals surface area (Å²) in [6.07, 6.45) is 1.49. The predicted octanol–water partition coefficient (Wildman–Crippen LogP) is 1.82. The lowest BCUT2D eigenvalue weighted by molar-refractivity contribution is 0.102. The van der Waals surface area contributed by atoms with Crippen LogP contribution in [0.4, 0.5) is 5.13 Å². The molecule has 1 aromatic heterocycles. The van der Waals surface area contributed by atoms with Crippen molar-refractivity contribution in [1.29, 1.82) is 0 Å². The molecule has 8 nitrogen and oxygen atoms in total. The van der Waals surface area contributed by atoms with Gasteiger partial charge in [0.2, 0.25) is 9.47 Å². The monoisotopic (exact) mass is 415 g/mol. The highest BCUT2D eigenvalue weighted by atomic mass is 35.5. The van der Waals surface area contributed by atoms with Gasteiger partial charge >= 0.3 is 0 Å². The van der Waals surface area contributed by atoms with Gasteiger partial charge in [-0.3, -0.25) is 10.1 Å². The first-order valence-electron chi connectivity index (χ1n) is 7.95. The Hall–Kier alpha value is -1.59. The number of piperidine rings is 1. The topological polar surface area (TPSA) is 104 Å². The van der Waals surface area contributed by atoms with E-state index in [0.717, 1.165) is 37.3 Å². The number of rotatable bonds is 5. The number of aromatic nitrogens is 2. The zero-order chi connectivity index (χ0) is 18.7. The van der Waals surface area contributed by atoms with Crippen LogP contribution in [0, 0.1) is 0 Å². The van der Waals surface area contributed by atoms with Crippen molar-refractivity contribution in [2.24, 2.45) is 0 Å². The molecule has 0 atom stereocenters. The zero-order valence-corrected chi connectivity index (χ0v) is 16.4. The third kappa shape index (κ3) is 4.77. The Morgan fingerprint density at radius 1 is 1.23 bits per heavy atom. The minimum atomic E-state index is -3.75. The Labute approximate surface area is 160 Å². The number of likely N-dealkylation sites (tertiary alicyclic amines) is 1. The molecular weight excluding hydrogens is 398 g/mol. The summed E-state index contributed by atoms with van der Waals surface area (Å²) in [5.41, 5.74) is 0.387. The molecule has 0 spiro atoms. The molecule has 0 unspecified atom stereocenters. The zero-order valence-electron chi connectivity index (χ0n) is 14.0. The van der Waals surface area contributed by atoms with E-state index < -0.39 is 15.9 Å². The second-order valence-corrected chi connectivity index (χ2v) is 9.33. The van der Waals surface area contributed by atoms with Crippen LogP contribution in [0.3, 0.4) is 0 Å². The van der Waals surface area contributed by atoms with E-state index in [9.17, 15) is 13.2 Å². The van der Waals surface area contributed by atoms with Gasteiger partial charge < -0.3 is 4.90 Å². The van der Waals surface area contributed by atoms with Crippen molar-refractivity contribution in [3.63, 3.8) is 0 Å². The predicted molar refractivity (Wildman–Crippen MR) is 100 cm³/mol. The van der Waals surface area contributed by atoms with E-state index in [1.54, 1.807) is 24.3 Å². The fourth-order valence-electron chi connectivity index (χ4n) is 2.54. The van der Waals surface area contributed by atoms with Crippen molar-refractivity contribution in [3.05, 3.63) is 34.9 Å². The number of halogens is 1. The number of anilines is 1. The highest BCUT2D eigenvalue weighted by Crippen LogP contribution is 2.22. The number of nitrogens with zero attached hydrogens (tertiary/aromatic N) is 3. The molecule has 1 aliphatic rings. The standard InChI is InChI=1S/C15H18ClN5O3S2/c1-21-8-6-12(7-9-21)20-26(23,24)15-19-18-14(25-15)17-13(22)10-2-4-11(16)5-3-10/h2-5,12,20H,6-9H2,1H3,(H,17,18,22). The largest absolute Gasteiger partial charge is 0.306 e. The van der Waals surface area contributed by atoms with Gasteiger partial charge in [-0.1, -0.05) is 22.9 Å². The molecule has 11 heteroatoms. The SMILES string of the molecule is CN1CCC(NS(=O)(=O)c2nnc(NC(=O)c3ccc(Cl)cc3)s2)CC1. The van der Waals surface area contributed by atoms with Gasteiger partial charge in [0.25, 0.3) is 15.9 Å². The van der Waals surface area contributed by atoms with E-state index in [4.69, 9.17) is 11.6 Å². The average Bonchev–Trinajstić information content (AvgIpc) is 3.07. The van der Waals surface area contributed by atoms with Crippen LogP contribution in [0.1, 0.15) is 23.2 Å². The maximum Gasteiger partial charge on any atom is 0.270 e. The molecule has 0 saturated carbocycles. The molecule has 0 radical (unpaired) electrons. The van der Waals surface area contributed by atoms with E-state index in [0.29, 0.717) is 10.6 Å². The minimum Gasteiger partial charge on any atom is -0.306 e. The molecule has 2 aromatic rings. The van der Waals surface area contributed by atoms with Crippen molar-refractivity contribution >= 4 is 44.0 Å². The highest BCUT2D eigenvalue weighted by Gasteiger charge is 2.26. The van der Waals surface area contributed by atoms with Crippen molar-refractivity contribution in [2.75, 3.05) is 25.5 Å². The number of carbonyl (C=O) groups excluding carboxylic acids is 1. The van der Waals surface area contributed by atoms with Gasteiger partial charge in [0.1, 0.15) is 0 Å². The number of carbonyl (C=O) groups is 1. The van der Waals surface area contributed by atoms with Crippen molar-refractivity contribution < 1.29 is 13.2 Å². The number of benzene rings is 1. The van der Waals surface area contributed by atoms with Crippen molar-refractivity contribution in [1.82, 2.24) is 19.8 Å². The van der Waals surface area contributed by atoms with E-state index in [1.165, 1.54) is 0 Å². The van der Waals surface area contributed by atoms with Crippen LogP contribution in [-0.4, -0.2) is 55.6 Å². The van der Waals surface area contributed by atoms with Crippen LogP contribution in [0.15, 0.2) is 28.6 Å². The molecular formula is C15H18ClN5O3S2. The van der Waals surface area contributed by atoms with Gasteiger partial charge in [0.15, 0.2) is 0 Å². The molecule has 0 aliphatic carbocycles. The molecule has 1 aromatic carbocycles. The summed E-state index contributed by atoms with van der Waals surface area (Å²) in [7, 11) is -1.75. The van der Waals surface area contributed by atoms with E-state index in [-0.39, 0.29) is 15.5 Å². The fourth-order valence-corrected chi connectivity index (χ4v) is 4.88. The first-order valence-corrected chi connectivity index (χ1v) is 10.6. The second-order valence-electron chi connectivity index (χ2n) is 6.03. The first kappa shape index (κ1) is 19.2. The molecule has 26 heavy (non-hydrogen) atoms. The summed E-state index contributed by atoms with van der Waals surface area (Å²) >= 11 is 6.60. The lowest BCUT2D eigenvalue weighted by Gasteiger charge is -2.28. The van der Waals surface area contributed by atoms with Gasteiger partial charge in [-0.15, -0.1) is 10.2 Å². The van der Waals surface area contributed by atoms with Gasteiger partial charge in [-0.25, -0.2) is 13.1 Å². The average molecular weight is 416 g/mol. The number of nitrogens with one attached hydrogen (secondary N) is 2. The third-order valence-electron chi connectivity index (χ3n) is 4.00. The molecule has 3 rings (SSSR count). The van der Waals surface area contributed by atoms with E-state index in [1.807, 2.05) is 7.05 Å². The summed E-state index contributed by atoms with van der Waals surface area (Å²) in [6, 6.07) is 6.21. The van der Waals surface area contributed by atoms with Gasteiger partial charge in [0.05, 0.1) is 0 Å². The highest BCUT2D eigenvalue weighted by molar-refractivity contribution is 7.91. The number of sulfonamides is 1. The van der Waals surface area contributed by atoms with Gasteiger partial charge in [-0.2, -0.15) is 0 Å². The Morgan fingerprint density at radius 2 is 1.88 bits per heavy atom. The number of hydrogen-bond acceptors (Lipinski definition) is 7.